The second kappa shape index (κ2) is 8.70. The van der Waals surface area contributed by atoms with Gasteiger partial charge in [-0.15, -0.1) is 0 Å². The van der Waals surface area contributed by atoms with E-state index in [4.69, 9.17) is 14.2 Å². The van der Waals surface area contributed by atoms with Gasteiger partial charge in [-0.2, -0.15) is 0 Å². The predicted molar refractivity (Wildman–Crippen MR) is 99.7 cm³/mol. The molecule has 26 heavy (non-hydrogen) atoms. The highest BCUT2D eigenvalue weighted by Crippen LogP contribution is 2.47. The molecule has 1 aliphatic carbocycles. The summed E-state index contributed by atoms with van der Waals surface area (Å²) in [6.45, 7) is 5.82. The first-order valence-corrected chi connectivity index (χ1v) is 8.85. The molecule has 5 heteroatoms. The number of benzene rings is 1. The normalized spacial score (nSPS) is 18.8. The molecule has 1 saturated carbocycles. The molecule has 0 bridgehead atoms. The third kappa shape index (κ3) is 3.98. The number of carbonyl (C=O) groups excluding carboxylic acids is 2. The monoisotopic (exact) mass is 358 g/mol. The van der Waals surface area contributed by atoms with E-state index in [1.165, 1.54) is 0 Å². The van der Waals surface area contributed by atoms with Gasteiger partial charge in [0.05, 0.1) is 20.3 Å². The zero-order valence-electron chi connectivity index (χ0n) is 15.8. The number of ether oxygens (including phenoxy) is 3. The summed E-state index contributed by atoms with van der Waals surface area (Å²) in [5.74, 6) is -0.260. The number of esters is 2. The maximum atomic E-state index is 12.6. The Hall–Kier alpha value is -2.56. The minimum atomic E-state index is -1.30. The maximum Gasteiger partial charge on any atom is 0.324 e. The van der Waals surface area contributed by atoms with Crippen LogP contribution in [0.15, 0.2) is 41.5 Å². The van der Waals surface area contributed by atoms with Gasteiger partial charge in [0.1, 0.15) is 5.75 Å². The summed E-state index contributed by atoms with van der Waals surface area (Å²) in [4.78, 5) is 25.3. The van der Waals surface area contributed by atoms with Crippen molar-refractivity contribution in [1.82, 2.24) is 0 Å². The van der Waals surface area contributed by atoms with Crippen LogP contribution in [0, 0.1) is 5.41 Å². The highest BCUT2D eigenvalue weighted by molar-refractivity contribution is 6.02. The molecule has 0 unspecified atom stereocenters. The Balaban J connectivity index is 2.40. The van der Waals surface area contributed by atoms with E-state index in [0.717, 1.165) is 22.5 Å². The lowest BCUT2D eigenvalue weighted by Crippen LogP contribution is -2.39. The molecule has 2 rings (SSSR count). The Kier molecular flexibility index (Phi) is 6.61. The quantitative estimate of drug-likeness (QED) is 0.569. The average molecular weight is 358 g/mol. The summed E-state index contributed by atoms with van der Waals surface area (Å²) in [6, 6.07) is 7.63. The molecule has 0 saturated heterocycles. The summed E-state index contributed by atoms with van der Waals surface area (Å²) in [5, 5.41) is 0. The summed E-state index contributed by atoms with van der Waals surface area (Å²) in [6.07, 6.45) is 4.50. The van der Waals surface area contributed by atoms with Crippen molar-refractivity contribution in [2.75, 3.05) is 20.3 Å². The molecule has 5 nitrogen and oxygen atoms in total. The van der Waals surface area contributed by atoms with Crippen LogP contribution in [-0.2, 0) is 19.1 Å². The van der Waals surface area contributed by atoms with E-state index in [9.17, 15) is 9.59 Å². The fraction of sp³-hybridized carbons (Fsp3) is 0.429. The van der Waals surface area contributed by atoms with Crippen molar-refractivity contribution < 1.29 is 23.8 Å². The smallest absolute Gasteiger partial charge is 0.324 e. The Morgan fingerprint density at radius 2 is 1.54 bits per heavy atom. The van der Waals surface area contributed by atoms with Crippen LogP contribution in [0.4, 0.5) is 0 Å². The number of methoxy groups -OCH3 is 1. The highest BCUT2D eigenvalue weighted by Gasteiger charge is 2.54. The van der Waals surface area contributed by atoms with E-state index in [1.807, 2.05) is 43.3 Å². The molecule has 0 atom stereocenters. The number of hydrogen-bond donors (Lipinski definition) is 0. The van der Waals surface area contributed by atoms with E-state index in [0.29, 0.717) is 6.42 Å². The zero-order chi connectivity index (χ0) is 19.2. The van der Waals surface area contributed by atoms with E-state index in [2.05, 4.69) is 0 Å². The van der Waals surface area contributed by atoms with Gasteiger partial charge in [-0.3, -0.25) is 9.59 Å². The number of carbonyl (C=O) groups is 2. The molecule has 140 valence electrons. The molecule has 0 radical (unpaired) electrons. The maximum absolute atomic E-state index is 12.6. The van der Waals surface area contributed by atoms with Crippen LogP contribution in [0.25, 0.3) is 6.08 Å². The van der Waals surface area contributed by atoms with Crippen molar-refractivity contribution >= 4 is 18.0 Å². The molecular formula is C21H26O5. The summed E-state index contributed by atoms with van der Waals surface area (Å²) in [5.41, 5.74) is 1.58. The highest BCUT2D eigenvalue weighted by atomic mass is 16.6. The molecule has 1 aromatic carbocycles. The van der Waals surface area contributed by atoms with E-state index in [1.54, 1.807) is 21.0 Å². The second-order valence-corrected chi connectivity index (χ2v) is 6.13. The minimum absolute atomic E-state index is 0.225. The summed E-state index contributed by atoms with van der Waals surface area (Å²) in [7, 11) is 1.62. The largest absolute Gasteiger partial charge is 0.497 e. The van der Waals surface area contributed by atoms with Crippen molar-refractivity contribution in [2.24, 2.45) is 5.41 Å². The lowest BCUT2D eigenvalue weighted by Gasteiger charge is -2.23. The summed E-state index contributed by atoms with van der Waals surface area (Å²) < 4.78 is 15.6. The average Bonchev–Trinajstić information content (AvgIpc) is 3.02. The van der Waals surface area contributed by atoms with Crippen molar-refractivity contribution in [3.8, 4) is 5.75 Å². The second-order valence-electron chi connectivity index (χ2n) is 6.13. The third-order valence-corrected chi connectivity index (χ3v) is 4.53. The van der Waals surface area contributed by atoms with Gasteiger partial charge in [0.25, 0.3) is 0 Å². The van der Waals surface area contributed by atoms with Crippen molar-refractivity contribution in [1.29, 1.82) is 0 Å². The summed E-state index contributed by atoms with van der Waals surface area (Å²) >= 11 is 0. The van der Waals surface area contributed by atoms with Gasteiger partial charge >= 0.3 is 11.9 Å². The first kappa shape index (κ1) is 19.8. The number of hydrogen-bond acceptors (Lipinski definition) is 5. The molecule has 1 aliphatic rings. The topological polar surface area (TPSA) is 61.8 Å². The first-order valence-electron chi connectivity index (χ1n) is 8.85. The van der Waals surface area contributed by atoms with Crippen molar-refractivity contribution in [3.63, 3.8) is 0 Å². The molecule has 0 spiro atoms. The molecule has 0 heterocycles. The van der Waals surface area contributed by atoms with E-state index < -0.39 is 17.4 Å². The molecule has 0 N–H and O–H groups in total. The molecule has 0 aromatic heterocycles. The Morgan fingerprint density at radius 1 is 1.00 bits per heavy atom. The van der Waals surface area contributed by atoms with Gasteiger partial charge in [0, 0.05) is 0 Å². The molecular weight excluding hydrogens is 332 g/mol. The van der Waals surface area contributed by atoms with Gasteiger partial charge in [-0.25, -0.2) is 0 Å². The fourth-order valence-electron chi connectivity index (χ4n) is 3.18. The standard InChI is InChI=1S/C21H26O5/c1-5-16-13-21(19(22)25-6-2,20(23)26-7-3)14-17(16)12-15-8-10-18(24-4)11-9-15/h5,8-12H,6-7,13-14H2,1-4H3/b16-5+,17-12-. The van der Waals surface area contributed by atoms with Crippen LogP contribution in [0.1, 0.15) is 39.2 Å². The van der Waals surface area contributed by atoms with Crippen LogP contribution in [0.5, 0.6) is 5.75 Å². The van der Waals surface area contributed by atoms with Crippen molar-refractivity contribution in [2.45, 2.75) is 33.6 Å². The van der Waals surface area contributed by atoms with Gasteiger partial charge in [-0.05, 0) is 62.5 Å². The van der Waals surface area contributed by atoms with Crippen LogP contribution >= 0.6 is 0 Å². The molecule has 1 aromatic rings. The van der Waals surface area contributed by atoms with Gasteiger partial charge < -0.3 is 14.2 Å². The molecule has 1 fully saturated rings. The first-order chi connectivity index (χ1) is 12.5. The van der Waals surface area contributed by atoms with Crippen LogP contribution < -0.4 is 4.74 Å². The fourth-order valence-corrected chi connectivity index (χ4v) is 3.18. The molecule has 0 aliphatic heterocycles. The number of allylic oxidation sites excluding steroid dienone is 3. The van der Waals surface area contributed by atoms with Gasteiger partial charge in [0.2, 0.25) is 0 Å². The lowest BCUT2D eigenvalue weighted by atomic mass is 9.85. The van der Waals surface area contributed by atoms with Crippen LogP contribution in [0.3, 0.4) is 0 Å². The Labute approximate surface area is 154 Å². The van der Waals surface area contributed by atoms with Gasteiger partial charge in [0.15, 0.2) is 5.41 Å². The van der Waals surface area contributed by atoms with Crippen LogP contribution in [0.2, 0.25) is 0 Å². The predicted octanol–water partition coefficient (Wildman–Crippen LogP) is 3.93. The zero-order valence-corrected chi connectivity index (χ0v) is 15.8. The molecule has 0 amide bonds. The Morgan fingerprint density at radius 3 is 2.00 bits per heavy atom. The number of rotatable bonds is 6. The van der Waals surface area contributed by atoms with Crippen LogP contribution in [-0.4, -0.2) is 32.3 Å². The lowest BCUT2D eigenvalue weighted by molar-refractivity contribution is -0.171. The van der Waals surface area contributed by atoms with E-state index >= 15 is 0 Å². The van der Waals surface area contributed by atoms with E-state index in [-0.39, 0.29) is 19.6 Å². The van der Waals surface area contributed by atoms with Crippen molar-refractivity contribution in [3.05, 3.63) is 47.1 Å². The van der Waals surface area contributed by atoms with Gasteiger partial charge in [-0.1, -0.05) is 24.3 Å². The third-order valence-electron chi connectivity index (χ3n) is 4.53. The Bertz CT molecular complexity index is 694. The SMILES string of the molecule is C/C=C1\CC(C(=O)OCC)(C(=O)OCC)C\C1=C\c1ccc(OC)cc1. The minimum Gasteiger partial charge on any atom is -0.497 e.